The molecule has 1 saturated heterocycles. The molecule has 0 spiro atoms. The zero-order valence-electron chi connectivity index (χ0n) is 18.3. The third-order valence-corrected chi connectivity index (χ3v) is 6.12. The van der Waals surface area contributed by atoms with Gasteiger partial charge in [0.2, 0.25) is 5.91 Å². The van der Waals surface area contributed by atoms with Gasteiger partial charge in [0.15, 0.2) is 0 Å². The van der Waals surface area contributed by atoms with Gasteiger partial charge in [-0.1, -0.05) is 48.5 Å². The van der Waals surface area contributed by atoms with Gasteiger partial charge in [-0.15, -0.1) is 0 Å². The largest absolute Gasteiger partial charge is 0.347 e. The molecule has 166 valence electrons. The molecule has 0 aliphatic carbocycles. The lowest BCUT2D eigenvalue weighted by Gasteiger charge is -2.37. The number of nitrogens with zero attached hydrogens (tertiary/aromatic N) is 2. The fraction of sp³-hybridized carbons (Fsp3) is 0.333. The van der Waals surface area contributed by atoms with Gasteiger partial charge in [0, 0.05) is 25.7 Å². The van der Waals surface area contributed by atoms with Crippen LogP contribution in [-0.2, 0) is 17.8 Å². The fourth-order valence-corrected chi connectivity index (χ4v) is 4.54. The Hall–Kier alpha value is -3.05. The second-order valence-electron chi connectivity index (χ2n) is 8.55. The summed E-state index contributed by atoms with van der Waals surface area (Å²) in [7, 11) is 0. The van der Waals surface area contributed by atoms with E-state index in [1.165, 1.54) is 6.07 Å². The van der Waals surface area contributed by atoms with E-state index in [9.17, 15) is 9.18 Å². The van der Waals surface area contributed by atoms with E-state index in [4.69, 9.17) is 0 Å². The molecule has 1 amide bonds. The van der Waals surface area contributed by atoms with Crippen molar-refractivity contribution < 1.29 is 9.18 Å². The average molecular weight is 432 g/mol. The highest BCUT2D eigenvalue weighted by Crippen LogP contribution is 2.30. The number of likely N-dealkylation sites (tertiary alicyclic amines) is 1. The van der Waals surface area contributed by atoms with Gasteiger partial charge in [-0.05, 0) is 67.1 Å². The summed E-state index contributed by atoms with van der Waals surface area (Å²) in [5.74, 6) is 0.104. The molecule has 2 aromatic carbocycles. The molecule has 0 radical (unpaired) electrons. The number of carbonyl (C=O) groups is 1. The van der Waals surface area contributed by atoms with E-state index in [0.717, 1.165) is 49.2 Å². The van der Waals surface area contributed by atoms with Crippen LogP contribution in [0.1, 0.15) is 42.1 Å². The summed E-state index contributed by atoms with van der Waals surface area (Å²) in [5, 5.41) is 3.28. The Morgan fingerprint density at radius 1 is 1.06 bits per heavy atom. The highest BCUT2D eigenvalue weighted by atomic mass is 19.1. The molecule has 0 bridgehead atoms. The summed E-state index contributed by atoms with van der Waals surface area (Å²) < 4.78 is 13.6. The number of piperidine rings is 1. The van der Waals surface area contributed by atoms with Crippen LogP contribution in [0.2, 0.25) is 0 Å². The Morgan fingerprint density at radius 3 is 2.66 bits per heavy atom. The predicted molar refractivity (Wildman–Crippen MR) is 124 cm³/mol. The summed E-state index contributed by atoms with van der Waals surface area (Å²) in [4.78, 5) is 19.8. The van der Waals surface area contributed by atoms with Crippen LogP contribution >= 0.6 is 0 Å². The molecule has 0 saturated carbocycles. The maximum absolute atomic E-state index is 13.6. The Kier molecular flexibility index (Phi) is 7.62. The minimum absolute atomic E-state index is 0.0479. The van der Waals surface area contributed by atoms with Crippen molar-refractivity contribution in [2.75, 3.05) is 13.1 Å². The van der Waals surface area contributed by atoms with Gasteiger partial charge in [-0.25, -0.2) is 4.39 Å². The molecule has 32 heavy (non-hydrogen) atoms. The highest BCUT2D eigenvalue weighted by molar-refractivity contribution is 5.76. The second kappa shape index (κ2) is 11.0. The van der Waals surface area contributed by atoms with Crippen LogP contribution in [0.25, 0.3) is 0 Å². The van der Waals surface area contributed by atoms with Gasteiger partial charge in [0.25, 0.3) is 0 Å². The van der Waals surface area contributed by atoms with Crippen molar-refractivity contribution in [3.8, 4) is 0 Å². The van der Waals surface area contributed by atoms with Crippen molar-refractivity contribution in [2.45, 2.75) is 38.3 Å². The van der Waals surface area contributed by atoms with Crippen molar-refractivity contribution in [3.63, 3.8) is 0 Å². The third-order valence-electron chi connectivity index (χ3n) is 6.12. The molecule has 4 rings (SSSR count). The van der Waals surface area contributed by atoms with E-state index in [0.29, 0.717) is 13.0 Å². The van der Waals surface area contributed by atoms with E-state index in [1.807, 2.05) is 42.5 Å². The summed E-state index contributed by atoms with van der Waals surface area (Å²) in [6, 6.07) is 22.6. The minimum atomic E-state index is -0.201. The number of nitrogens with one attached hydrogen (secondary N) is 1. The average Bonchev–Trinajstić information content (AvgIpc) is 2.83. The monoisotopic (exact) mass is 431 g/mol. The van der Waals surface area contributed by atoms with Crippen molar-refractivity contribution in [1.82, 2.24) is 15.2 Å². The summed E-state index contributed by atoms with van der Waals surface area (Å²) in [6.07, 6.45) is 5.03. The number of amides is 1. The second-order valence-corrected chi connectivity index (χ2v) is 8.55. The topological polar surface area (TPSA) is 45.2 Å². The Morgan fingerprint density at radius 2 is 1.88 bits per heavy atom. The van der Waals surface area contributed by atoms with Gasteiger partial charge < -0.3 is 5.32 Å². The molecule has 1 aliphatic heterocycles. The summed E-state index contributed by atoms with van der Waals surface area (Å²) >= 11 is 0. The van der Waals surface area contributed by atoms with Crippen LogP contribution in [0.4, 0.5) is 4.39 Å². The van der Waals surface area contributed by atoms with Crippen molar-refractivity contribution in [2.24, 2.45) is 5.92 Å². The lowest BCUT2D eigenvalue weighted by molar-refractivity contribution is -0.122. The van der Waals surface area contributed by atoms with Crippen molar-refractivity contribution >= 4 is 5.91 Å². The number of halogens is 1. The molecule has 1 N–H and O–H groups in total. The van der Waals surface area contributed by atoms with Crippen LogP contribution in [0.3, 0.4) is 0 Å². The van der Waals surface area contributed by atoms with Crippen molar-refractivity contribution in [3.05, 3.63) is 102 Å². The molecule has 0 unspecified atom stereocenters. The first-order valence-corrected chi connectivity index (χ1v) is 11.4. The zero-order chi connectivity index (χ0) is 22.2. The molecule has 3 aromatic rings. The molecule has 1 fully saturated rings. The lowest BCUT2D eigenvalue weighted by atomic mass is 9.88. The van der Waals surface area contributed by atoms with E-state index in [2.05, 4.69) is 27.3 Å². The lowest BCUT2D eigenvalue weighted by Crippen LogP contribution is -2.43. The van der Waals surface area contributed by atoms with E-state index in [1.54, 1.807) is 18.3 Å². The van der Waals surface area contributed by atoms with Crippen LogP contribution in [0.5, 0.6) is 0 Å². The Balaban J connectivity index is 1.43. The van der Waals surface area contributed by atoms with Crippen LogP contribution < -0.4 is 5.32 Å². The molecule has 2 heterocycles. The van der Waals surface area contributed by atoms with Crippen molar-refractivity contribution in [1.29, 1.82) is 0 Å². The molecule has 1 aliphatic rings. The molecular weight excluding hydrogens is 401 g/mol. The van der Waals surface area contributed by atoms with Gasteiger partial charge in [-0.2, -0.15) is 0 Å². The quantitative estimate of drug-likeness (QED) is 0.550. The van der Waals surface area contributed by atoms with E-state index < -0.39 is 0 Å². The van der Waals surface area contributed by atoms with Crippen LogP contribution in [-0.4, -0.2) is 28.9 Å². The number of carbonyl (C=O) groups excluding carboxylic acids is 1. The number of benzene rings is 2. The third kappa shape index (κ3) is 6.24. The first kappa shape index (κ1) is 22.2. The Bertz CT molecular complexity index is 996. The number of aryl methyl sites for hydroxylation is 1. The molecular formula is C27H30FN3O. The minimum Gasteiger partial charge on any atom is -0.347 e. The van der Waals surface area contributed by atoms with Gasteiger partial charge in [-0.3, -0.25) is 14.7 Å². The maximum Gasteiger partial charge on any atom is 0.220 e. The number of aromatic nitrogens is 1. The van der Waals surface area contributed by atoms with Gasteiger partial charge in [0.1, 0.15) is 5.82 Å². The fourth-order valence-electron chi connectivity index (χ4n) is 4.54. The molecule has 2 atom stereocenters. The van der Waals surface area contributed by atoms with Crippen LogP contribution in [0, 0.1) is 11.7 Å². The molecule has 4 nitrogen and oxygen atoms in total. The maximum atomic E-state index is 13.6. The molecule has 5 heteroatoms. The summed E-state index contributed by atoms with van der Waals surface area (Å²) in [6.45, 7) is 2.53. The first-order chi connectivity index (χ1) is 15.7. The zero-order valence-corrected chi connectivity index (χ0v) is 18.3. The smallest absolute Gasteiger partial charge is 0.220 e. The predicted octanol–water partition coefficient (Wildman–Crippen LogP) is 4.92. The number of hydrogen-bond donors (Lipinski definition) is 1. The van der Waals surface area contributed by atoms with Crippen LogP contribution in [0.15, 0.2) is 79.0 Å². The van der Waals surface area contributed by atoms with Gasteiger partial charge in [0.05, 0.1) is 11.7 Å². The SMILES string of the molecule is O=C(CCc1ccccc1)N[C@H](c1ccccn1)[C@@H]1CCCN(Cc2cccc(F)c2)C1. The van der Waals surface area contributed by atoms with E-state index in [-0.39, 0.29) is 23.7 Å². The normalized spacial score (nSPS) is 17.6. The standard InChI is InChI=1S/C27H30FN3O/c28-24-12-6-10-22(18-24)19-31-17-7-11-23(20-31)27(25-13-4-5-16-29-25)30-26(32)15-14-21-8-2-1-3-9-21/h1-6,8-10,12-13,16,18,23,27H,7,11,14-15,17,19-20H2,(H,30,32)/t23-,27+/m1/s1. The number of hydrogen-bond acceptors (Lipinski definition) is 3. The number of pyridine rings is 1. The van der Waals surface area contributed by atoms with Gasteiger partial charge >= 0.3 is 0 Å². The number of rotatable bonds is 8. The Labute approximate surface area is 189 Å². The highest BCUT2D eigenvalue weighted by Gasteiger charge is 2.30. The first-order valence-electron chi connectivity index (χ1n) is 11.4. The molecule has 1 aromatic heterocycles. The van der Waals surface area contributed by atoms with E-state index >= 15 is 0 Å². The summed E-state index contributed by atoms with van der Waals surface area (Å²) in [5.41, 5.74) is 3.04.